The highest BCUT2D eigenvalue weighted by atomic mass is 35.5. The molecule has 1 aliphatic rings. The first kappa shape index (κ1) is 21.7. The van der Waals surface area contributed by atoms with Gasteiger partial charge in [-0.1, -0.05) is 29.8 Å². The van der Waals surface area contributed by atoms with Gasteiger partial charge in [0.15, 0.2) is 5.76 Å². The highest BCUT2D eigenvalue weighted by Crippen LogP contribution is 2.34. The van der Waals surface area contributed by atoms with Gasteiger partial charge in [-0.2, -0.15) is 17.5 Å². The molecular formula is C20H16ClF3N2O4S. The summed E-state index contributed by atoms with van der Waals surface area (Å²) in [4.78, 5) is 13.6. The van der Waals surface area contributed by atoms with E-state index in [2.05, 4.69) is 0 Å². The Morgan fingerprint density at radius 1 is 1.00 bits per heavy atom. The number of para-hydroxylation sites is 1. The molecule has 0 spiro atoms. The molecule has 11 heteroatoms. The molecule has 1 saturated heterocycles. The van der Waals surface area contributed by atoms with E-state index in [0.29, 0.717) is 11.6 Å². The minimum Gasteiger partial charge on any atom is -0.451 e. The molecule has 2 heterocycles. The van der Waals surface area contributed by atoms with Gasteiger partial charge in [-0.05, 0) is 30.3 Å². The second-order valence-electron chi connectivity index (χ2n) is 6.99. The van der Waals surface area contributed by atoms with Gasteiger partial charge in [0.05, 0.1) is 10.6 Å². The molecular weight excluding hydrogens is 457 g/mol. The average Bonchev–Trinajstić information content (AvgIpc) is 3.17. The van der Waals surface area contributed by atoms with E-state index in [9.17, 15) is 26.4 Å². The number of benzene rings is 2. The Bertz CT molecular complexity index is 1220. The molecule has 3 aromatic rings. The van der Waals surface area contributed by atoms with Crippen molar-refractivity contribution in [2.75, 3.05) is 26.2 Å². The number of amides is 1. The Labute approximate surface area is 180 Å². The van der Waals surface area contributed by atoms with Crippen LogP contribution in [0.1, 0.15) is 16.1 Å². The molecule has 0 unspecified atom stereocenters. The predicted molar refractivity (Wildman–Crippen MR) is 107 cm³/mol. The summed E-state index contributed by atoms with van der Waals surface area (Å²) in [7, 11) is -4.27. The molecule has 6 nitrogen and oxygen atoms in total. The summed E-state index contributed by atoms with van der Waals surface area (Å²) >= 11 is 5.90. The number of sulfonamides is 1. The Morgan fingerprint density at radius 3 is 2.32 bits per heavy atom. The van der Waals surface area contributed by atoms with Crippen LogP contribution in [0.15, 0.2) is 57.8 Å². The van der Waals surface area contributed by atoms with Crippen molar-refractivity contribution in [3.8, 4) is 0 Å². The first-order chi connectivity index (χ1) is 14.6. The predicted octanol–water partition coefficient (Wildman–Crippen LogP) is 4.25. The second-order valence-corrected chi connectivity index (χ2v) is 9.30. The van der Waals surface area contributed by atoms with E-state index >= 15 is 0 Å². The maximum absolute atomic E-state index is 13.0. The van der Waals surface area contributed by atoms with Gasteiger partial charge < -0.3 is 9.32 Å². The molecule has 1 amide bonds. The summed E-state index contributed by atoms with van der Waals surface area (Å²) in [6.45, 7) is -0.0425. The summed E-state index contributed by atoms with van der Waals surface area (Å²) in [5, 5.41) is 0.472. The molecule has 31 heavy (non-hydrogen) atoms. The molecule has 2 aromatic carbocycles. The van der Waals surface area contributed by atoms with Crippen LogP contribution in [-0.4, -0.2) is 49.7 Å². The van der Waals surface area contributed by atoms with Crippen molar-refractivity contribution in [2.45, 2.75) is 11.1 Å². The summed E-state index contributed by atoms with van der Waals surface area (Å²) in [6.07, 6.45) is -4.70. The fraction of sp³-hybridized carbons (Fsp3) is 0.250. The maximum atomic E-state index is 13.0. The Kier molecular flexibility index (Phi) is 5.48. The molecule has 0 bridgehead atoms. The third kappa shape index (κ3) is 4.15. The van der Waals surface area contributed by atoms with Gasteiger partial charge in [0.25, 0.3) is 5.91 Å². The number of carbonyl (C=O) groups excluding carboxylic acids is 1. The van der Waals surface area contributed by atoms with E-state index in [1.54, 1.807) is 24.3 Å². The molecule has 0 saturated carbocycles. The fourth-order valence-corrected chi connectivity index (χ4v) is 5.31. The van der Waals surface area contributed by atoms with E-state index in [1.807, 2.05) is 6.07 Å². The molecule has 164 valence electrons. The smallest absolute Gasteiger partial charge is 0.416 e. The summed E-state index contributed by atoms with van der Waals surface area (Å²) in [5.74, 6) is -0.247. The summed E-state index contributed by atoms with van der Waals surface area (Å²) < 4.78 is 71.4. The summed E-state index contributed by atoms with van der Waals surface area (Å²) in [5.41, 5.74) is -0.541. The van der Waals surface area contributed by atoms with Crippen molar-refractivity contribution in [1.29, 1.82) is 0 Å². The highest BCUT2D eigenvalue weighted by Gasteiger charge is 2.36. The number of fused-ring (bicyclic) bond motifs is 1. The quantitative estimate of drug-likeness (QED) is 0.571. The Morgan fingerprint density at radius 2 is 1.68 bits per heavy atom. The molecule has 0 radical (unpaired) electrons. The van der Waals surface area contributed by atoms with Crippen molar-refractivity contribution in [3.63, 3.8) is 0 Å². The van der Waals surface area contributed by atoms with Crippen LogP contribution in [0.3, 0.4) is 0 Å². The number of carbonyl (C=O) groups is 1. The number of hydrogen-bond acceptors (Lipinski definition) is 4. The molecule has 1 aliphatic heterocycles. The zero-order chi connectivity index (χ0) is 22.4. The number of rotatable bonds is 3. The molecule has 0 N–H and O–H groups in total. The van der Waals surface area contributed by atoms with E-state index in [4.69, 9.17) is 16.0 Å². The van der Waals surface area contributed by atoms with Gasteiger partial charge in [0.1, 0.15) is 10.5 Å². The lowest BCUT2D eigenvalue weighted by atomic mass is 10.2. The lowest BCUT2D eigenvalue weighted by molar-refractivity contribution is -0.137. The van der Waals surface area contributed by atoms with Gasteiger partial charge in [-0.15, -0.1) is 0 Å². The molecule has 0 aliphatic carbocycles. The molecule has 4 rings (SSSR count). The number of alkyl halides is 3. The second kappa shape index (κ2) is 7.85. The topological polar surface area (TPSA) is 70.8 Å². The normalized spacial score (nSPS) is 16.1. The largest absolute Gasteiger partial charge is 0.451 e. The number of furan rings is 1. The Hall–Kier alpha value is -2.56. The van der Waals surface area contributed by atoms with Gasteiger partial charge in [0.2, 0.25) is 10.0 Å². The molecule has 1 fully saturated rings. The molecule has 0 atom stereocenters. The van der Waals surface area contributed by atoms with E-state index in [1.165, 1.54) is 4.90 Å². The zero-order valence-electron chi connectivity index (χ0n) is 15.9. The van der Waals surface area contributed by atoms with Crippen LogP contribution in [0.5, 0.6) is 0 Å². The first-order valence-corrected chi connectivity index (χ1v) is 11.0. The van der Waals surface area contributed by atoms with Gasteiger partial charge in [0, 0.05) is 31.6 Å². The van der Waals surface area contributed by atoms with Gasteiger partial charge in [-0.25, -0.2) is 8.42 Å². The third-order valence-electron chi connectivity index (χ3n) is 5.04. The standard InChI is InChI=1S/C20H16ClF3N2O4S/c21-15-6-5-14(20(22,23)24)12-18(15)31(28,29)26-9-7-25(8-10-26)19(27)17-11-13-3-1-2-4-16(13)30-17/h1-6,11-12H,7-10H2. The first-order valence-electron chi connectivity index (χ1n) is 9.22. The lowest BCUT2D eigenvalue weighted by Crippen LogP contribution is -2.50. The fourth-order valence-electron chi connectivity index (χ4n) is 3.39. The van der Waals surface area contributed by atoms with Crippen molar-refractivity contribution < 1.29 is 30.8 Å². The van der Waals surface area contributed by atoms with Crippen LogP contribution in [0.25, 0.3) is 11.0 Å². The monoisotopic (exact) mass is 472 g/mol. The van der Waals surface area contributed by atoms with Crippen LogP contribution in [-0.2, 0) is 16.2 Å². The minimum atomic E-state index is -4.70. The van der Waals surface area contributed by atoms with E-state index in [-0.39, 0.29) is 42.9 Å². The maximum Gasteiger partial charge on any atom is 0.416 e. The van der Waals surface area contributed by atoms with Crippen molar-refractivity contribution in [1.82, 2.24) is 9.21 Å². The van der Waals surface area contributed by atoms with Crippen LogP contribution >= 0.6 is 11.6 Å². The average molecular weight is 473 g/mol. The summed E-state index contributed by atoms with van der Waals surface area (Å²) in [6, 6.07) is 10.9. The van der Waals surface area contributed by atoms with Gasteiger partial charge in [-0.3, -0.25) is 4.79 Å². The van der Waals surface area contributed by atoms with Crippen LogP contribution in [0.4, 0.5) is 13.2 Å². The molecule has 1 aromatic heterocycles. The van der Waals surface area contributed by atoms with E-state index in [0.717, 1.165) is 21.8 Å². The van der Waals surface area contributed by atoms with Crippen LogP contribution < -0.4 is 0 Å². The minimum absolute atomic E-state index is 0.0612. The van der Waals surface area contributed by atoms with Crippen molar-refractivity contribution in [3.05, 3.63) is 64.9 Å². The third-order valence-corrected chi connectivity index (χ3v) is 7.42. The van der Waals surface area contributed by atoms with Crippen molar-refractivity contribution in [2.24, 2.45) is 0 Å². The van der Waals surface area contributed by atoms with Crippen LogP contribution in [0.2, 0.25) is 5.02 Å². The zero-order valence-corrected chi connectivity index (χ0v) is 17.5. The highest BCUT2D eigenvalue weighted by molar-refractivity contribution is 7.89. The SMILES string of the molecule is O=C(c1cc2ccccc2o1)N1CCN(S(=O)(=O)c2cc(C(F)(F)F)ccc2Cl)CC1. The van der Waals surface area contributed by atoms with Crippen LogP contribution in [0, 0.1) is 0 Å². The number of nitrogens with zero attached hydrogens (tertiary/aromatic N) is 2. The number of halogens is 4. The van der Waals surface area contributed by atoms with E-state index < -0.39 is 26.7 Å². The number of piperazine rings is 1. The Balaban J connectivity index is 1.51. The van der Waals surface area contributed by atoms with Gasteiger partial charge >= 0.3 is 6.18 Å². The number of hydrogen-bond donors (Lipinski definition) is 0. The lowest BCUT2D eigenvalue weighted by Gasteiger charge is -2.33. The van der Waals surface area contributed by atoms with Crippen molar-refractivity contribution >= 4 is 38.5 Å².